The summed E-state index contributed by atoms with van der Waals surface area (Å²) in [7, 11) is -3.54. The highest BCUT2D eigenvalue weighted by Gasteiger charge is 2.30. The summed E-state index contributed by atoms with van der Waals surface area (Å²) >= 11 is 0. The fourth-order valence-corrected chi connectivity index (χ4v) is 5.25. The van der Waals surface area contributed by atoms with Gasteiger partial charge in [0.25, 0.3) is 0 Å². The summed E-state index contributed by atoms with van der Waals surface area (Å²) in [6.45, 7) is 4.65. The van der Waals surface area contributed by atoms with Crippen LogP contribution in [0.3, 0.4) is 0 Å². The molecular weight excluding hydrogens is 402 g/mol. The summed E-state index contributed by atoms with van der Waals surface area (Å²) in [5.41, 5.74) is 2.04. The van der Waals surface area contributed by atoms with Crippen molar-refractivity contribution in [3.63, 3.8) is 0 Å². The number of morpholine rings is 1. The van der Waals surface area contributed by atoms with Crippen molar-refractivity contribution in [1.82, 2.24) is 14.1 Å². The highest BCUT2D eigenvalue weighted by Crippen LogP contribution is 2.23. The number of nitrogens with zero attached hydrogens (tertiary/aromatic N) is 3. The summed E-state index contributed by atoms with van der Waals surface area (Å²) < 4.78 is 32.9. The minimum Gasteiger partial charge on any atom is -0.378 e. The van der Waals surface area contributed by atoms with Crippen LogP contribution in [0.4, 0.5) is 0 Å². The predicted molar refractivity (Wildman–Crippen MR) is 114 cm³/mol. The molecule has 0 atom stereocenters. The number of ether oxygens (including phenoxy) is 1. The molecule has 160 valence electrons. The molecule has 0 aliphatic carbocycles. The number of hydrogen-bond donors (Lipinski definition) is 0. The molecule has 2 fully saturated rings. The van der Waals surface area contributed by atoms with Gasteiger partial charge in [0.1, 0.15) is 0 Å². The van der Waals surface area contributed by atoms with Crippen molar-refractivity contribution >= 4 is 15.9 Å². The minimum absolute atomic E-state index is 0.0890. The predicted octanol–water partition coefficient (Wildman–Crippen LogP) is 1.52. The van der Waals surface area contributed by atoms with Crippen LogP contribution in [0.5, 0.6) is 0 Å². The summed E-state index contributed by atoms with van der Waals surface area (Å²) in [6, 6.07) is 16.9. The molecule has 2 aliphatic heterocycles. The van der Waals surface area contributed by atoms with Crippen LogP contribution in [-0.4, -0.2) is 87.5 Å². The summed E-state index contributed by atoms with van der Waals surface area (Å²) in [5, 5.41) is 0. The topological polar surface area (TPSA) is 70.2 Å². The van der Waals surface area contributed by atoms with Gasteiger partial charge in [-0.3, -0.25) is 9.69 Å². The van der Waals surface area contributed by atoms with Crippen molar-refractivity contribution in [1.29, 1.82) is 0 Å². The maximum absolute atomic E-state index is 13.0. The molecule has 0 aromatic heterocycles. The molecule has 4 rings (SSSR count). The first-order valence-electron chi connectivity index (χ1n) is 10.3. The maximum Gasteiger partial charge on any atom is 0.243 e. The van der Waals surface area contributed by atoms with Crippen molar-refractivity contribution in [2.45, 2.75) is 4.90 Å². The molecule has 0 spiro atoms. The smallest absolute Gasteiger partial charge is 0.243 e. The Morgan fingerprint density at radius 1 is 0.800 bits per heavy atom. The molecule has 1 amide bonds. The molecular formula is C22H27N3O4S. The highest BCUT2D eigenvalue weighted by molar-refractivity contribution is 7.89. The van der Waals surface area contributed by atoms with Gasteiger partial charge in [0.05, 0.1) is 24.7 Å². The summed E-state index contributed by atoms with van der Waals surface area (Å²) in [4.78, 5) is 16.6. The molecule has 2 heterocycles. The molecule has 0 radical (unpaired) electrons. The van der Waals surface area contributed by atoms with Gasteiger partial charge in [-0.1, -0.05) is 42.5 Å². The van der Waals surface area contributed by atoms with E-state index in [1.165, 1.54) is 4.31 Å². The van der Waals surface area contributed by atoms with Crippen molar-refractivity contribution in [2.75, 3.05) is 59.0 Å². The Bertz CT molecular complexity index is 950. The van der Waals surface area contributed by atoms with E-state index in [-0.39, 0.29) is 5.91 Å². The number of carbonyl (C=O) groups excluding carboxylic acids is 1. The van der Waals surface area contributed by atoms with E-state index in [1.54, 1.807) is 12.1 Å². The molecule has 7 nitrogen and oxygen atoms in total. The third kappa shape index (κ3) is 4.73. The van der Waals surface area contributed by atoms with Crippen LogP contribution in [-0.2, 0) is 19.6 Å². The lowest BCUT2D eigenvalue weighted by atomic mass is 10.1. The van der Waals surface area contributed by atoms with Crippen molar-refractivity contribution in [3.8, 4) is 11.1 Å². The van der Waals surface area contributed by atoms with Gasteiger partial charge < -0.3 is 9.64 Å². The SMILES string of the molecule is O=C(CN1CCN(S(=O)(=O)c2ccc(-c3ccccc3)cc2)CC1)N1CCOCC1. The molecule has 2 aliphatic rings. The normalized spacial score (nSPS) is 19.0. The monoisotopic (exact) mass is 429 g/mol. The average molecular weight is 430 g/mol. The zero-order valence-corrected chi connectivity index (χ0v) is 17.8. The summed E-state index contributed by atoms with van der Waals surface area (Å²) in [5.74, 6) is 0.0890. The second-order valence-corrected chi connectivity index (χ2v) is 9.50. The van der Waals surface area contributed by atoms with E-state index in [0.717, 1.165) is 11.1 Å². The zero-order valence-electron chi connectivity index (χ0n) is 16.9. The number of hydrogen-bond acceptors (Lipinski definition) is 5. The standard InChI is InChI=1S/C22H27N3O4S/c26-22(24-14-16-29-17-15-24)18-23-10-12-25(13-11-23)30(27,28)21-8-6-20(7-9-21)19-4-2-1-3-5-19/h1-9H,10-18H2. The zero-order chi connectivity index (χ0) is 21.0. The first-order valence-corrected chi connectivity index (χ1v) is 11.7. The quantitative estimate of drug-likeness (QED) is 0.721. The van der Waals surface area contributed by atoms with Crippen molar-refractivity contribution in [3.05, 3.63) is 54.6 Å². The van der Waals surface area contributed by atoms with Gasteiger partial charge in [-0.2, -0.15) is 4.31 Å². The Labute approximate surface area is 177 Å². The lowest BCUT2D eigenvalue weighted by Gasteiger charge is -2.35. The first-order chi connectivity index (χ1) is 14.5. The molecule has 2 aromatic rings. The lowest BCUT2D eigenvalue weighted by Crippen LogP contribution is -2.52. The van der Waals surface area contributed by atoms with Gasteiger partial charge in [0.2, 0.25) is 15.9 Å². The van der Waals surface area contributed by atoms with Gasteiger partial charge in [0.15, 0.2) is 0 Å². The van der Waals surface area contributed by atoms with E-state index >= 15 is 0 Å². The van der Waals surface area contributed by atoms with E-state index in [9.17, 15) is 13.2 Å². The molecule has 2 saturated heterocycles. The van der Waals surface area contributed by atoms with Gasteiger partial charge in [0, 0.05) is 39.3 Å². The van der Waals surface area contributed by atoms with Gasteiger partial charge >= 0.3 is 0 Å². The maximum atomic E-state index is 13.0. The van der Waals surface area contributed by atoms with Crippen LogP contribution in [0.25, 0.3) is 11.1 Å². The Morgan fingerprint density at radius 2 is 1.40 bits per heavy atom. The molecule has 0 unspecified atom stereocenters. The second kappa shape index (κ2) is 9.26. The molecule has 0 N–H and O–H groups in total. The molecule has 8 heteroatoms. The van der Waals surface area contributed by atoms with E-state index in [4.69, 9.17) is 4.74 Å². The van der Waals surface area contributed by atoms with Crippen LogP contribution in [0.2, 0.25) is 0 Å². The van der Waals surface area contributed by atoms with Crippen molar-refractivity contribution < 1.29 is 17.9 Å². The third-order valence-electron chi connectivity index (χ3n) is 5.65. The Morgan fingerprint density at radius 3 is 2.03 bits per heavy atom. The van der Waals surface area contributed by atoms with Crippen LogP contribution in [0, 0.1) is 0 Å². The van der Waals surface area contributed by atoms with E-state index < -0.39 is 10.0 Å². The Balaban J connectivity index is 1.35. The van der Waals surface area contributed by atoms with Crippen LogP contribution in [0.15, 0.2) is 59.5 Å². The molecule has 0 bridgehead atoms. The molecule has 0 saturated carbocycles. The average Bonchev–Trinajstić information content (AvgIpc) is 2.81. The lowest BCUT2D eigenvalue weighted by molar-refractivity contribution is -0.136. The number of rotatable bonds is 5. The largest absolute Gasteiger partial charge is 0.378 e. The summed E-state index contributed by atoms with van der Waals surface area (Å²) in [6.07, 6.45) is 0. The third-order valence-corrected chi connectivity index (χ3v) is 7.57. The van der Waals surface area contributed by atoms with E-state index in [0.29, 0.717) is 63.9 Å². The number of amides is 1. The second-order valence-electron chi connectivity index (χ2n) is 7.56. The number of benzene rings is 2. The number of sulfonamides is 1. The Kier molecular flexibility index (Phi) is 6.48. The van der Waals surface area contributed by atoms with Gasteiger partial charge in [-0.05, 0) is 23.3 Å². The fourth-order valence-electron chi connectivity index (χ4n) is 3.83. The van der Waals surface area contributed by atoms with Crippen LogP contribution >= 0.6 is 0 Å². The van der Waals surface area contributed by atoms with Crippen molar-refractivity contribution in [2.24, 2.45) is 0 Å². The van der Waals surface area contributed by atoms with E-state index in [1.807, 2.05) is 52.3 Å². The van der Waals surface area contributed by atoms with Crippen LogP contribution < -0.4 is 0 Å². The Hall–Kier alpha value is -2.26. The number of carbonyl (C=O) groups is 1. The van der Waals surface area contributed by atoms with Crippen LogP contribution in [0.1, 0.15) is 0 Å². The van der Waals surface area contributed by atoms with Gasteiger partial charge in [-0.25, -0.2) is 8.42 Å². The first kappa shape index (κ1) is 21.0. The number of piperazine rings is 1. The fraction of sp³-hybridized carbons (Fsp3) is 0.409. The van der Waals surface area contributed by atoms with E-state index in [2.05, 4.69) is 0 Å². The molecule has 2 aromatic carbocycles. The van der Waals surface area contributed by atoms with Gasteiger partial charge in [-0.15, -0.1) is 0 Å². The highest BCUT2D eigenvalue weighted by atomic mass is 32.2. The molecule has 30 heavy (non-hydrogen) atoms. The minimum atomic E-state index is -3.54.